The molecule has 0 unspecified atom stereocenters. The number of aliphatic hydroxyl groups is 1. The number of hydrogen-bond donors (Lipinski definition) is 1. The van der Waals surface area contributed by atoms with Crippen LogP contribution >= 0.6 is 0 Å². The highest BCUT2D eigenvalue weighted by molar-refractivity contribution is 5.96. The van der Waals surface area contributed by atoms with Crippen molar-refractivity contribution in [3.8, 4) is 11.1 Å². The highest BCUT2D eigenvalue weighted by atomic mass is 19.1. The molecule has 0 bridgehead atoms. The summed E-state index contributed by atoms with van der Waals surface area (Å²) < 4.78 is 29.4. The zero-order chi connectivity index (χ0) is 16.9. The van der Waals surface area contributed by atoms with Gasteiger partial charge in [-0.1, -0.05) is 12.1 Å². The first-order chi connectivity index (χ1) is 10.7. The van der Waals surface area contributed by atoms with Crippen molar-refractivity contribution in [2.45, 2.75) is 26.4 Å². The van der Waals surface area contributed by atoms with Crippen molar-refractivity contribution >= 4 is 10.9 Å². The van der Waals surface area contributed by atoms with Gasteiger partial charge in [-0.05, 0) is 44.0 Å². The van der Waals surface area contributed by atoms with Crippen LogP contribution < -0.4 is 0 Å². The molecule has 2 aromatic carbocycles. The number of halogens is 2. The summed E-state index contributed by atoms with van der Waals surface area (Å²) in [6, 6.07) is 6.16. The van der Waals surface area contributed by atoms with Crippen molar-refractivity contribution in [1.29, 1.82) is 0 Å². The normalized spacial score (nSPS) is 12.1. The molecule has 0 saturated heterocycles. The van der Waals surface area contributed by atoms with Crippen LogP contribution in [-0.2, 0) is 12.6 Å². The molecule has 0 aliphatic rings. The Morgan fingerprint density at radius 2 is 1.74 bits per heavy atom. The highest BCUT2D eigenvalue weighted by Gasteiger charge is 2.23. The molecule has 0 saturated carbocycles. The Bertz CT molecular complexity index is 884. The number of aromatic nitrogens is 2. The lowest BCUT2D eigenvalue weighted by Gasteiger charge is -2.19. The van der Waals surface area contributed by atoms with Crippen LogP contribution in [0.25, 0.3) is 22.0 Å². The van der Waals surface area contributed by atoms with Gasteiger partial charge in [-0.15, -0.1) is 0 Å². The summed E-state index contributed by atoms with van der Waals surface area (Å²) in [4.78, 5) is 0. The van der Waals surface area contributed by atoms with E-state index < -0.39 is 17.2 Å². The van der Waals surface area contributed by atoms with E-state index in [0.717, 1.165) is 5.39 Å². The standard InChI is InChI=1S/C18H18F2N2O/c1-10-15(19)7-11(8-16(10)20)12-5-6-14(18(2,3)23)17-13(12)9-22(4)21-17/h5-9,23H,1-4H3. The first-order valence-corrected chi connectivity index (χ1v) is 7.33. The molecule has 0 amide bonds. The van der Waals surface area contributed by atoms with Crippen LogP contribution in [0.15, 0.2) is 30.5 Å². The lowest BCUT2D eigenvalue weighted by Crippen LogP contribution is -2.16. The number of nitrogens with zero attached hydrogens (tertiary/aromatic N) is 2. The lowest BCUT2D eigenvalue weighted by atomic mass is 9.92. The van der Waals surface area contributed by atoms with E-state index >= 15 is 0 Å². The average molecular weight is 316 g/mol. The minimum Gasteiger partial charge on any atom is -0.386 e. The molecule has 0 spiro atoms. The number of aryl methyl sites for hydroxylation is 1. The van der Waals surface area contributed by atoms with E-state index in [9.17, 15) is 13.9 Å². The topological polar surface area (TPSA) is 38.1 Å². The van der Waals surface area contributed by atoms with Crippen molar-refractivity contribution in [1.82, 2.24) is 9.78 Å². The van der Waals surface area contributed by atoms with Crippen molar-refractivity contribution in [3.63, 3.8) is 0 Å². The van der Waals surface area contributed by atoms with Crippen LogP contribution in [0.2, 0.25) is 0 Å². The van der Waals surface area contributed by atoms with Crippen molar-refractivity contribution in [3.05, 3.63) is 53.2 Å². The third-order valence-electron chi connectivity index (χ3n) is 4.04. The summed E-state index contributed by atoms with van der Waals surface area (Å²) in [6.45, 7) is 4.77. The summed E-state index contributed by atoms with van der Waals surface area (Å²) in [6.07, 6.45) is 1.79. The van der Waals surface area contributed by atoms with Crippen LogP contribution in [0.3, 0.4) is 0 Å². The molecule has 1 N–H and O–H groups in total. The van der Waals surface area contributed by atoms with Gasteiger partial charge in [0.2, 0.25) is 0 Å². The van der Waals surface area contributed by atoms with E-state index in [4.69, 9.17) is 0 Å². The van der Waals surface area contributed by atoms with Gasteiger partial charge < -0.3 is 5.11 Å². The number of benzene rings is 2. The van der Waals surface area contributed by atoms with Gasteiger partial charge in [-0.2, -0.15) is 5.10 Å². The van der Waals surface area contributed by atoms with Gasteiger partial charge in [0.05, 0.1) is 11.1 Å². The Labute approximate surface area is 133 Å². The van der Waals surface area contributed by atoms with Crippen molar-refractivity contribution in [2.75, 3.05) is 0 Å². The molecule has 5 heteroatoms. The van der Waals surface area contributed by atoms with E-state index in [-0.39, 0.29) is 5.56 Å². The van der Waals surface area contributed by atoms with Gasteiger partial charge in [0.25, 0.3) is 0 Å². The monoisotopic (exact) mass is 316 g/mol. The molecular weight excluding hydrogens is 298 g/mol. The van der Waals surface area contributed by atoms with Gasteiger partial charge in [0, 0.05) is 29.8 Å². The summed E-state index contributed by atoms with van der Waals surface area (Å²) in [5.41, 5.74) is 1.37. The molecule has 0 aliphatic carbocycles. The number of fused-ring (bicyclic) bond motifs is 1. The molecule has 3 rings (SSSR count). The summed E-state index contributed by atoms with van der Waals surface area (Å²) in [5, 5.41) is 15.5. The van der Waals surface area contributed by atoms with Crippen LogP contribution in [0.5, 0.6) is 0 Å². The maximum absolute atomic E-state index is 13.9. The smallest absolute Gasteiger partial charge is 0.129 e. The van der Waals surface area contributed by atoms with Crippen LogP contribution in [-0.4, -0.2) is 14.9 Å². The highest BCUT2D eigenvalue weighted by Crippen LogP contribution is 2.35. The Morgan fingerprint density at radius 1 is 1.13 bits per heavy atom. The lowest BCUT2D eigenvalue weighted by molar-refractivity contribution is 0.0800. The van der Waals surface area contributed by atoms with Gasteiger partial charge in [-0.25, -0.2) is 8.78 Å². The predicted octanol–water partition coefficient (Wildman–Crippen LogP) is 4.05. The largest absolute Gasteiger partial charge is 0.386 e. The first kappa shape index (κ1) is 15.6. The van der Waals surface area contributed by atoms with Crippen LogP contribution in [0.4, 0.5) is 8.78 Å². The zero-order valence-corrected chi connectivity index (χ0v) is 13.5. The molecule has 0 aliphatic heterocycles. The third-order valence-corrected chi connectivity index (χ3v) is 4.04. The molecule has 0 fully saturated rings. The predicted molar refractivity (Wildman–Crippen MR) is 86.0 cm³/mol. The Kier molecular flexibility index (Phi) is 3.48. The van der Waals surface area contributed by atoms with E-state index in [1.165, 1.54) is 19.1 Å². The fourth-order valence-electron chi connectivity index (χ4n) is 2.77. The Hall–Kier alpha value is -2.27. The minimum absolute atomic E-state index is 0.00397. The summed E-state index contributed by atoms with van der Waals surface area (Å²) >= 11 is 0. The van der Waals surface area contributed by atoms with Crippen LogP contribution in [0, 0.1) is 18.6 Å². The fourth-order valence-corrected chi connectivity index (χ4v) is 2.77. The van der Waals surface area contributed by atoms with E-state index in [0.29, 0.717) is 22.2 Å². The Balaban J connectivity index is 2.32. The fraction of sp³-hybridized carbons (Fsp3) is 0.278. The van der Waals surface area contributed by atoms with E-state index in [1.54, 1.807) is 43.9 Å². The minimum atomic E-state index is -1.06. The molecule has 3 nitrogen and oxygen atoms in total. The second kappa shape index (κ2) is 5.13. The molecule has 0 atom stereocenters. The van der Waals surface area contributed by atoms with Crippen LogP contribution in [0.1, 0.15) is 25.0 Å². The summed E-state index contributed by atoms with van der Waals surface area (Å²) in [5.74, 6) is -1.16. The SMILES string of the molecule is Cc1c(F)cc(-c2ccc(C(C)(C)O)c3nn(C)cc23)cc1F. The quantitative estimate of drug-likeness (QED) is 0.774. The second-order valence-electron chi connectivity index (χ2n) is 6.35. The Morgan fingerprint density at radius 3 is 2.30 bits per heavy atom. The van der Waals surface area contributed by atoms with E-state index in [2.05, 4.69) is 5.10 Å². The molecule has 23 heavy (non-hydrogen) atoms. The van der Waals surface area contributed by atoms with Gasteiger partial charge in [0.15, 0.2) is 0 Å². The average Bonchev–Trinajstić information content (AvgIpc) is 2.82. The van der Waals surface area contributed by atoms with Gasteiger partial charge in [0.1, 0.15) is 11.6 Å². The zero-order valence-electron chi connectivity index (χ0n) is 13.5. The molecule has 3 aromatic rings. The maximum Gasteiger partial charge on any atom is 0.129 e. The van der Waals surface area contributed by atoms with Gasteiger partial charge >= 0.3 is 0 Å². The van der Waals surface area contributed by atoms with E-state index in [1.807, 2.05) is 0 Å². The van der Waals surface area contributed by atoms with Gasteiger partial charge in [-0.3, -0.25) is 4.68 Å². The molecule has 1 aromatic heterocycles. The number of rotatable bonds is 2. The first-order valence-electron chi connectivity index (χ1n) is 7.33. The second-order valence-corrected chi connectivity index (χ2v) is 6.35. The maximum atomic E-state index is 13.9. The van der Waals surface area contributed by atoms with Crippen molar-refractivity contribution in [2.24, 2.45) is 7.05 Å². The molecular formula is C18H18F2N2O. The van der Waals surface area contributed by atoms with Crippen molar-refractivity contribution < 1.29 is 13.9 Å². The third kappa shape index (κ3) is 2.61. The molecule has 0 radical (unpaired) electrons. The summed E-state index contributed by atoms with van der Waals surface area (Å²) in [7, 11) is 1.77. The molecule has 1 heterocycles. The molecule has 120 valence electrons. The number of hydrogen-bond acceptors (Lipinski definition) is 2.